The van der Waals surface area contributed by atoms with Gasteiger partial charge in [-0.3, -0.25) is 0 Å². The zero-order chi connectivity index (χ0) is 13.1. The Balaban J connectivity index is 1.93. The van der Waals surface area contributed by atoms with Gasteiger partial charge in [-0.1, -0.05) is 30.3 Å². The van der Waals surface area contributed by atoms with Crippen LogP contribution in [0.1, 0.15) is 11.6 Å². The highest BCUT2D eigenvalue weighted by Gasteiger charge is 2.12. The van der Waals surface area contributed by atoms with Gasteiger partial charge in [-0.2, -0.15) is 5.10 Å². The molecule has 3 rings (SSSR count). The van der Waals surface area contributed by atoms with E-state index in [9.17, 15) is 5.11 Å². The molecule has 2 N–H and O–H groups in total. The fourth-order valence-corrected chi connectivity index (χ4v) is 2.05. The number of aliphatic hydroxyl groups is 1. The zero-order valence-corrected chi connectivity index (χ0v) is 10.3. The smallest absolute Gasteiger partial charge is 0.152 e. The number of nitrogens with zero attached hydrogens (tertiary/aromatic N) is 3. The first-order valence-electron chi connectivity index (χ1n) is 6.09. The highest BCUT2D eigenvalue weighted by atomic mass is 16.3. The lowest BCUT2D eigenvalue weighted by Crippen LogP contribution is -2.16. The summed E-state index contributed by atoms with van der Waals surface area (Å²) in [5, 5.41) is 17.0. The minimum atomic E-state index is -0.185. The topological polar surface area (TPSA) is 62.5 Å². The number of hydrogen-bond donors (Lipinski definition) is 2. The number of nitrogens with one attached hydrogen (secondary N) is 1. The summed E-state index contributed by atoms with van der Waals surface area (Å²) in [6.07, 6.45) is 5.19. The average molecular weight is 254 g/mol. The standard InChI is InChI=1S/C14H14N4O/c19-10-12(11-4-2-1-3-5-11)17-14-13-6-7-16-18(13)9-8-15-14/h1-9,12,19H,10H2,(H,15,17). The summed E-state index contributed by atoms with van der Waals surface area (Å²) in [5.74, 6) is 0.711. The van der Waals surface area contributed by atoms with Gasteiger partial charge in [-0.25, -0.2) is 9.50 Å². The molecule has 1 atom stereocenters. The summed E-state index contributed by atoms with van der Waals surface area (Å²) in [4.78, 5) is 4.31. The second-order valence-corrected chi connectivity index (χ2v) is 4.23. The summed E-state index contributed by atoms with van der Waals surface area (Å²) >= 11 is 0. The van der Waals surface area contributed by atoms with Crippen LogP contribution in [-0.2, 0) is 0 Å². The van der Waals surface area contributed by atoms with Gasteiger partial charge in [-0.05, 0) is 11.6 Å². The lowest BCUT2D eigenvalue weighted by molar-refractivity contribution is 0.276. The minimum Gasteiger partial charge on any atom is -0.394 e. The van der Waals surface area contributed by atoms with Crippen LogP contribution in [0.2, 0.25) is 0 Å². The molecule has 0 aliphatic rings. The van der Waals surface area contributed by atoms with Gasteiger partial charge in [0.15, 0.2) is 5.82 Å². The molecule has 0 saturated carbocycles. The van der Waals surface area contributed by atoms with E-state index in [4.69, 9.17) is 0 Å². The van der Waals surface area contributed by atoms with Gasteiger partial charge in [0.1, 0.15) is 5.52 Å². The average Bonchev–Trinajstić information content (AvgIpc) is 2.95. The first-order valence-corrected chi connectivity index (χ1v) is 6.09. The number of benzene rings is 1. The van der Waals surface area contributed by atoms with E-state index in [1.165, 1.54) is 0 Å². The number of anilines is 1. The van der Waals surface area contributed by atoms with E-state index in [2.05, 4.69) is 15.4 Å². The monoisotopic (exact) mass is 254 g/mol. The lowest BCUT2D eigenvalue weighted by atomic mass is 10.1. The molecule has 3 aromatic rings. The quantitative estimate of drug-likeness (QED) is 0.746. The van der Waals surface area contributed by atoms with Crippen LogP contribution in [0.4, 0.5) is 5.82 Å². The zero-order valence-electron chi connectivity index (χ0n) is 10.3. The van der Waals surface area contributed by atoms with Crippen LogP contribution < -0.4 is 5.32 Å². The molecule has 0 spiro atoms. The van der Waals surface area contributed by atoms with E-state index < -0.39 is 0 Å². The van der Waals surface area contributed by atoms with E-state index in [1.54, 1.807) is 23.1 Å². The number of hydrogen-bond acceptors (Lipinski definition) is 4. The molecule has 0 fully saturated rings. The molecule has 2 heterocycles. The Hall–Kier alpha value is -2.40. The van der Waals surface area contributed by atoms with Gasteiger partial charge in [0.2, 0.25) is 0 Å². The fraction of sp³-hybridized carbons (Fsp3) is 0.143. The van der Waals surface area contributed by atoms with Gasteiger partial charge in [-0.15, -0.1) is 0 Å². The Morgan fingerprint density at radius 2 is 2.00 bits per heavy atom. The second kappa shape index (κ2) is 5.07. The third-order valence-electron chi connectivity index (χ3n) is 3.02. The van der Waals surface area contributed by atoms with E-state index in [0.717, 1.165) is 11.1 Å². The summed E-state index contributed by atoms with van der Waals surface area (Å²) in [5.41, 5.74) is 1.91. The summed E-state index contributed by atoms with van der Waals surface area (Å²) in [7, 11) is 0. The summed E-state index contributed by atoms with van der Waals surface area (Å²) < 4.78 is 1.74. The van der Waals surface area contributed by atoms with Gasteiger partial charge in [0.25, 0.3) is 0 Å². The van der Waals surface area contributed by atoms with Crippen molar-refractivity contribution in [2.24, 2.45) is 0 Å². The molecule has 1 aromatic carbocycles. The molecule has 1 unspecified atom stereocenters. The van der Waals surface area contributed by atoms with Crippen molar-refractivity contribution < 1.29 is 5.11 Å². The van der Waals surface area contributed by atoms with Gasteiger partial charge in [0, 0.05) is 12.4 Å². The van der Waals surface area contributed by atoms with Crippen molar-refractivity contribution in [3.63, 3.8) is 0 Å². The Labute approximate surface area is 110 Å². The molecular formula is C14H14N4O. The molecule has 2 aromatic heterocycles. The van der Waals surface area contributed by atoms with Crippen LogP contribution in [0.15, 0.2) is 55.0 Å². The van der Waals surface area contributed by atoms with Gasteiger partial charge in [0.05, 0.1) is 18.8 Å². The third-order valence-corrected chi connectivity index (χ3v) is 3.02. The van der Waals surface area contributed by atoms with Crippen molar-refractivity contribution >= 4 is 11.3 Å². The Bertz CT molecular complexity index is 665. The van der Waals surface area contributed by atoms with E-state index in [0.29, 0.717) is 5.82 Å². The highest BCUT2D eigenvalue weighted by Crippen LogP contribution is 2.20. The Kier molecular flexibility index (Phi) is 3.12. The van der Waals surface area contributed by atoms with Crippen molar-refractivity contribution in [3.8, 4) is 0 Å². The maximum Gasteiger partial charge on any atom is 0.152 e. The molecule has 96 valence electrons. The van der Waals surface area contributed by atoms with Crippen molar-refractivity contribution in [3.05, 3.63) is 60.6 Å². The molecule has 0 aliphatic heterocycles. The van der Waals surface area contributed by atoms with Crippen molar-refractivity contribution in [1.82, 2.24) is 14.6 Å². The number of rotatable bonds is 4. The second-order valence-electron chi connectivity index (χ2n) is 4.23. The third kappa shape index (κ3) is 2.28. The van der Waals surface area contributed by atoms with Crippen LogP contribution in [0.3, 0.4) is 0 Å². The van der Waals surface area contributed by atoms with Crippen LogP contribution in [0, 0.1) is 0 Å². The SMILES string of the molecule is OCC(Nc1nccn2nccc12)c1ccccc1. The summed E-state index contributed by atoms with van der Waals surface area (Å²) in [6.45, 7) is 0.000878. The normalized spacial score (nSPS) is 12.5. The number of aromatic nitrogens is 3. The maximum absolute atomic E-state index is 9.55. The first-order chi connectivity index (χ1) is 9.38. The van der Waals surface area contributed by atoms with Crippen LogP contribution in [0.25, 0.3) is 5.52 Å². The molecule has 0 amide bonds. The molecule has 0 radical (unpaired) electrons. The van der Waals surface area contributed by atoms with Gasteiger partial charge < -0.3 is 10.4 Å². The summed E-state index contributed by atoms with van der Waals surface area (Å²) in [6, 6.07) is 11.5. The largest absolute Gasteiger partial charge is 0.394 e. The van der Waals surface area contributed by atoms with Crippen molar-refractivity contribution in [1.29, 1.82) is 0 Å². The predicted octanol–water partition coefficient (Wildman–Crippen LogP) is 1.87. The molecule has 5 heteroatoms. The Morgan fingerprint density at radius 3 is 2.79 bits per heavy atom. The van der Waals surface area contributed by atoms with Crippen molar-refractivity contribution in [2.45, 2.75) is 6.04 Å². The molecule has 19 heavy (non-hydrogen) atoms. The molecule has 0 aliphatic carbocycles. The molecule has 0 saturated heterocycles. The predicted molar refractivity (Wildman–Crippen MR) is 72.9 cm³/mol. The van der Waals surface area contributed by atoms with Gasteiger partial charge >= 0.3 is 0 Å². The number of aliphatic hydroxyl groups excluding tert-OH is 1. The first kappa shape index (κ1) is 11.7. The highest BCUT2D eigenvalue weighted by molar-refractivity contribution is 5.67. The maximum atomic E-state index is 9.55. The van der Waals surface area contributed by atoms with Crippen LogP contribution in [0.5, 0.6) is 0 Å². The molecule has 0 bridgehead atoms. The molecular weight excluding hydrogens is 240 g/mol. The van der Waals surface area contributed by atoms with E-state index in [1.807, 2.05) is 36.4 Å². The lowest BCUT2D eigenvalue weighted by Gasteiger charge is -2.17. The van der Waals surface area contributed by atoms with Crippen molar-refractivity contribution in [2.75, 3.05) is 11.9 Å². The van der Waals surface area contributed by atoms with E-state index in [-0.39, 0.29) is 12.6 Å². The van der Waals surface area contributed by atoms with Crippen LogP contribution >= 0.6 is 0 Å². The number of fused-ring (bicyclic) bond motifs is 1. The fourth-order valence-electron chi connectivity index (χ4n) is 2.05. The van der Waals surface area contributed by atoms with Crippen LogP contribution in [-0.4, -0.2) is 26.3 Å². The molecule has 5 nitrogen and oxygen atoms in total. The Morgan fingerprint density at radius 1 is 1.16 bits per heavy atom. The van der Waals surface area contributed by atoms with E-state index >= 15 is 0 Å². The minimum absolute atomic E-state index is 0.000878.